The Labute approximate surface area is 209 Å². The van der Waals surface area contributed by atoms with Crippen molar-refractivity contribution in [2.45, 2.75) is 32.2 Å². The maximum Gasteiger partial charge on any atom is 0.338 e. The summed E-state index contributed by atoms with van der Waals surface area (Å²) in [4.78, 5) is 32.6. The number of aliphatic imine (C=N–C) groups is 1. The predicted octanol–water partition coefficient (Wildman–Crippen LogP) is 3.38. The zero-order valence-electron chi connectivity index (χ0n) is 20.5. The van der Waals surface area contributed by atoms with Crippen molar-refractivity contribution in [2.75, 3.05) is 41.1 Å². The Morgan fingerprint density at radius 3 is 2.60 bits per heavy atom. The van der Waals surface area contributed by atoms with Crippen LogP contribution in [0.25, 0.3) is 0 Å². The summed E-state index contributed by atoms with van der Waals surface area (Å²) in [7, 11) is 4.69. The minimum Gasteiger partial charge on any atom is -0.493 e. The van der Waals surface area contributed by atoms with Crippen LogP contribution < -0.4 is 14.8 Å². The molecular formula is C25H31N3O6S. The summed E-state index contributed by atoms with van der Waals surface area (Å²) in [5.41, 5.74) is 2.54. The minimum atomic E-state index is -0.546. The van der Waals surface area contributed by atoms with Crippen LogP contribution in [0, 0.1) is 5.92 Å². The van der Waals surface area contributed by atoms with Crippen molar-refractivity contribution >= 4 is 28.8 Å². The van der Waals surface area contributed by atoms with Gasteiger partial charge in [0.15, 0.2) is 16.7 Å². The number of carbonyl (C=O) groups is 2. The maximum absolute atomic E-state index is 13.3. The highest BCUT2D eigenvalue weighted by Crippen LogP contribution is 2.46. The van der Waals surface area contributed by atoms with Crippen LogP contribution in [0.3, 0.4) is 0 Å². The van der Waals surface area contributed by atoms with Gasteiger partial charge in [-0.1, -0.05) is 17.8 Å². The number of thioether (sulfide) groups is 1. The molecule has 0 bridgehead atoms. The molecule has 0 spiro atoms. The second-order valence-electron chi connectivity index (χ2n) is 8.56. The first-order valence-electron chi connectivity index (χ1n) is 11.6. The number of methoxy groups -OCH3 is 3. The number of amides is 1. The van der Waals surface area contributed by atoms with Crippen LogP contribution in [0.2, 0.25) is 0 Å². The van der Waals surface area contributed by atoms with Gasteiger partial charge in [-0.25, -0.2) is 9.79 Å². The number of ether oxygens (including phenoxy) is 4. The molecule has 1 aromatic rings. The van der Waals surface area contributed by atoms with E-state index in [0.717, 1.165) is 11.3 Å². The summed E-state index contributed by atoms with van der Waals surface area (Å²) >= 11 is 1.44. The first-order valence-corrected chi connectivity index (χ1v) is 12.4. The summed E-state index contributed by atoms with van der Waals surface area (Å²) in [5.74, 6) is 1.19. The van der Waals surface area contributed by atoms with Gasteiger partial charge in [-0.15, -0.1) is 0 Å². The van der Waals surface area contributed by atoms with Crippen molar-refractivity contribution in [3.05, 3.63) is 46.1 Å². The molecule has 0 aromatic heterocycles. The summed E-state index contributed by atoms with van der Waals surface area (Å²) in [5, 5.41) is 5.66. The third kappa shape index (κ3) is 5.65. The lowest BCUT2D eigenvalue weighted by Gasteiger charge is -2.36. The highest BCUT2D eigenvalue weighted by Gasteiger charge is 2.41. The van der Waals surface area contributed by atoms with Gasteiger partial charge in [0.25, 0.3) is 0 Å². The first kappa shape index (κ1) is 25.1. The first-order chi connectivity index (χ1) is 17.0. The molecule has 2 aliphatic heterocycles. The standard InChI is InChI=1S/C25H31N3O6S/c1-15-22(24(30)34-10-9-31-2)23(17-7-8-19(32-3)20(11-17)33-4)28-18(14-35-25(28)27-15)12-21(29)26-13-16-5-6-16/h7-8,11,14,16,23H,5-6,9-10,12-13H2,1-4H3,(H,26,29). The number of benzene rings is 1. The highest BCUT2D eigenvalue weighted by molar-refractivity contribution is 8.16. The number of esters is 1. The van der Waals surface area contributed by atoms with Crippen LogP contribution in [0.4, 0.5) is 0 Å². The predicted molar refractivity (Wildman–Crippen MR) is 133 cm³/mol. The van der Waals surface area contributed by atoms with Gasteiger partial charge in [-0.3, -0.25) is 4.79 Å². The van der Waals surface area contributed by atoms with E-state index >= 15 is 0 Å². The van der Waals surface area contributed by atoms with Gasteiger partial charge in [0.1, 0.15) is 6.61 Å². The molecule has 35 heavy (non-hydrogen) atoms. The van der Waals surface area contributed by atoms with Crippen LogP contribution in [0.15, 0.2) is 45.6 Å². The third-order valence-electron chi connectivity index (χ3n) is 6.09. The van der Waals surface area contributed by atoms with E-state index < -0.39 is 12.0 Å². The van der Waals surface area contributed by atoms with Crippen molar-refractivity contribution in [3.63, 3.8) is 0 Å². The number of hydrogen-bond acceptors (Lipinski definition) is 9. The summed E-state index contributed by atoms with van der Waals surface area (Å²) in [6.07, 6.45) is 2.52. The summed E-state index contributed by atoms with van der Waals surface area (Å²) < 4.78 is 21.5. The number of hydrogen-bond donors (Lipinski definition) is 1. The summed E-state index contributed by atoms with van der Waals surface area (Å²) in [6, 6.07) is 4.99. The molecule has 1 unspecified atom stereocenters. The smallest absolute Gasteiger partial charge is 0.338 e. The fourth-order valence-corrected chi connectivity index (χ4v) is 5.04. The Kier molecular flexibility index (Phi) is 8.02. The lowest BCUT2D eigenvalue weighted by Crippen LogP contribution is -2.38. The van der Waals surface area contributed by atoms with Gasteiger partial charge in [0.2, 0.25) is 5.91 Å². The van der Waals surface area contributed by atoms with Gasteiger partial charge < -0.3 is 29.2 Å². The molecule has 1 fully saturated rings. The van der Waals surface area contributed by atoms with E-state index in [4.69, 9.17) is 18.9 Å². The van der Waals surface area contributed by atoms with Crippen molar-refractivity contribution in [1.82, 2.24) is 10.2 Å². The Morgan fingerprint density at radius 2 is 1.91 bits per heavy atom. The van der Waals surface area contributed by atoms with Gasteiger partial charge in [0, 0.05) is 19.4 Å². The fraction of sp³-hybridized carbons (Fsp3) is 0.480. The van der Waals surface area contributed by atoms with Crippen LogP contribution in [0.1, 0.15) is 37.8 Å². The van der Waals surface area contributed by atoms with Crippen molar-refractivity contribution < 1.29 is 28.5 Å². The molecule has 1 saturated carbocycles. The van der Waals surface area contributed by atoms with Crippen LogP contribution >= 0.6 is 11.8 Å². The topological polar surface area (TPSA) is 98.7 Å². The molecule has 1 atom stereocenters. The number of rotatable bonds is 11. The zero-order chi connectivity index (χ0) is 24.9. The van der Waals surface area contributed by atoms with E-state index in [1.807, 2.05) is 22.4 Å². The molecule has 3 aliphatic rings. The molecule has 0 radical (unpaired) electrons. The minimum absolute atomic E-state index is 0.0495. The number of nitrogens with zero attached hydrogens (tertiary/aromatic N) is 2. The SMILES string of the molecule is COCCOC(=O)C1=C(C)N=C2SC=C(CC(=O)NCC3CC3)N2C1c1ccc(OC)c(OC)c1. The molecule has 188 valence electrons. The average Bonchev–Trinajstić information content (AvgIpc) is 3.61. The Balaban J connectivity index is 1.68. The molecule has 2 heterocycles. The Morgan fingerprint density at radius 1 is 1.14 bits per heavy atom. The maximum atomic E-state index is 13.3. The van der Waals surface area contributed by atoms with E-state index in [1.54, 1.807) is 34.3 Å². The number of nitrogens with one attached hydrogen (secondary N) is 1. The molecule has 10 heteroatoms. The molecule has 1 N–H and O–H groups in total. The van der Waals surface area contributed by atoms with E-state index in [9.17, 15) is 9.59 Å². The van der Waals surface area contributed by atoms with Crippen molar-refractivity contribution in [2.24, 2.45) is 10.9 Å². The summed E-state index contributed by atoms with van der Waals surface area (Å²) in [6.45, 7) is 2.92. The van der Waals surface area contributed by atoms with Gasteiger partial charge in [-0.2, -0.15) is 0 Å². The van der Waals surface area contributed by atoms with Gasteiger partial charge in [0.05, 0.1) is 44.6 Å². The molecule has 4 rings (SSSR count). The second kappa shape index (κ2) is 11.2. The quantitative estimate of drug-likeness (QED) is 0.364. The van der Waals surface area contributed by atoms with Crippen molar-refractivity contribution in [1.29, 1.82) is 0 Å². The second-order valence-corrected chi connectivity index (χ2v) is 9.40. The fourth-order valence-electron chi connectivity index (χ4n) is 4.07. The molecular weight excluding hydrogens is 470 g/mol. The average molecular weight is 502 g/mol. The van der Waals surface area contributed by atoms with E-state index in [2.05, 4.69) is 10.3 Å². The number of amidine groups is 1. The normalized spacial score (nSPS) is 19.1. The molecule has 1 aromatic carbocycles. The lowest BCUT2D eigenvalue weighted by molar-refractivity contribution is -0.141. The largest absolute Gasteiger partial charge is 0.493 e. The molecule has 1 aliphatic carbocycles. The highest BCUT2D eigenvalue weighted by atomic mass is 32.2. The third-order valence-corrected chi connectivity index (χ3v) is 6.98. The monoisotopic (exact) mass is 501 g/mol. The zero-order valence-corrected chi connectivity index (χ0v) is 21.3. The van der Waals surface area contributed by atoms with Crippen molar-refractivity contribution in [3.8, 4) is 11.5 Å². The van der Waals surface area contributed by atoms with Crippen LogP contribution in [0.5, 0.6) is 11.5 Å². The lowest BCUT2D eigenvalue weighted by atomic mass is 9.93. The number of allylic oxidation sites excluding steroid dienone is 1. The molecule has 0 saturated heterocycles. The van der Waals surface area contributed by atoms with E-state index in [0.29, 0.717) is 47.0 Å². The van der Waals surface area contributed by atoms with E-state index in [-0.39, 0.29) is 18.9 Å². The van der Waals surface area contributed by atoms with E-state index in [1.165, 1.54) is 24.6 Å². The number of fused-ring (bicyclic) bond motifs is 1. The van der Waals surface area contributed by atoms with Gasteiger partial charge in [-0.05, 0) is 48.8 Å². The Bertz CT molecular complexity index is 1080. The Hall–Kier alpha value is -2.98. The van der Waals surface area contributed by atoms with Gasteiger partial charge >= 0.3 is 5.97 Å². The van der Waals surface area contributed by atoms with Crippen LogP contribution in [-0.2, 0) is 19.1 Å². The van der Waals surface area contributed by atoms with Crippen LogP contribution in [-0.4, -0.2) is 63.0 Å². The molecule has 1 amide bonds. The number of carbonyl (C=O) groups excluding carboxylic acids is 2. The molecule has 9 nitrogen and oxygen atoms in total.